The first-order valence-electron chi connectivity index (χ1n) is 4.15. The Morgan fingerprint density at radius 2 is 2.08 bits per heavy atom. The van der Waals surface area contributed by atoms with Crippen LogP contribution in [0.2, 0.25) is 0 Å². The van der Waals surface area contributed by atoms with Crippen LogP contribution in [-0.2, 0) is 6.42 Å². The molecular weight excluding hydrogens is 184 g/mol. The van der Waals surface area contributed by atoms with Gasteiger partial charge in [-0.25, -0.2) is 0 Å². The van der Waals surface area contributed by atoms with Gasteiger partial charge >= 0.3 is 0 Å². The Morgan fingerprint density at radius 3 is 2.77 bits per heavy atom. The standard InChI is InChI=1S/C10H10O2S/c1-2-6-3-4-8-9(10(6)12)7(11)5-13-8/h3-5,11-12H,2H2,1H3. The first kappa shape index (κ1) is 8.38. The van der Waals surface area contributed by atoms with Crippen molar-refractivity contribution < 1.29 is 10.2 Å². The van der Waals surface area contributed by atoms with Crippen LogP contribution in [0.15, 0.2) is 17.5 Å². The molecule has 0 spiro atoms. The predicted octanol–water partition coefficient (Wildman–Crippen LogP) is 2.87. The molecule has 0 aliphatic heterocycles. The number of rotatable bonds is 1. The van der Waals surface area contributed by atoms with E-state index in [4.69, 9.17) is 0 Å². The maximum atomic E-state index is 9.77. The van der Waals surface area contributed by atoms with E-state index in [0.717, 1.165) is 16.7 Å². The van der Waals surface area contributed by atoms with Gasteiger partial charge in [0.1, 0.15) is 11.5 Å². The third kappa shape index (κ3) is 1.16. The van der Waals surface area contributed by atoms with Gasteiger partial charge in [0, 0.05) is 10.1 Å². The van der Waals surface area contributed by atoms with Crippen molar-refractivity contribution in [2.75, 3.05) is 0 Å². The van der Waals surface area contributed by atoms with E-state index in [9.17, 15) is 10.2 Å². The fourth-order valence-electron chi connectivity index (χ4n) is 1.43. The number of fused-ring (bicyclic) bond motifs is 1. The van der Waals surface area contributed by atoms with Crippen molar-refractivity contribution in [2.24, 2.45) is 0 Å². The molecule has 0 radical (unpaired) electrons. The van der Waals surface area contributed by atoms with Crippen molar-refractivity contribution in [3.05, 3.63) is 23.1 Å². The van der Waals surface area contributed by atoms with E-state index in [1.54, 1.807) is 5.38 Å². The molecule has 3 heteroatoms. The Balaban J connectivity index is 2.83. The zero-order valence-corrected chi connectivity index (χ0v) is 8.06. The average Bonchev–Trinajstić information content (AvgIpc) is 2.49. The zero-order chi connectivity index (χ0) is 9.42. The Labute approximate surface area is 80.1 Å². The zero-order valence-electron chi connectivity index (χ0n) is 7.24. The molecule has 1 aromatic carbocycles. The molecule has 0 aliphatic rings. The summed E-state index contributed by atoms with van der Waals surface area (Å²) in [6, 6.07) is 3.83. The van der Waals surface area contributed by atoms with E-state index in [1.165, 1.54) is 11.3 Å². The molecule has 1 aromatic heterocycles. The normalized spacial score (nSPS) is 10.8. The topological polar surface area (TPSA) is 40.5 Å². The Kier molecular flexibility index (Phi) is 1.88. The van der Waals surface area contributed by atoms with Crippen molar-refractivity contribution in [3.63, 3.8) is 0 Å². The molecule has 0 unspecified atom stereocenters. The van der Waals surface area contributed by atoms with Crippen molar-refractivity contribution >= 4 is 21.4 Å². The van der Waals surface area contributed by atoms with Gasteiger partial charge in [-0.2, -0.15) is 0 Å². The van der Waals surface area contributed by atoms with Gasteiger partial charge in [0.2, 0.25) is 0 Å². The molecule has 2 rings (SSSR count). The number of hydrogen-bond acceptors (Lipinski definition) is 3. The number of aromatic hydroxyl groups is 2. The summed E-state index contributed by atoms with van der Waals surface area (Å²) in [6.07, 6.45) is 0.775. The van der Waals surface area contributed by atoms with Crippen molar-refractivity contribution in [1.82, 2.24) is 0 Å². The van der Waals surface area contributed by atoms with Crippen molar-refractivity contribution in [3.8, 4) is 11.5 Å². The van der Waals surface area contributed by atoms with E-state index in [0.29, 0.717) is 5.39 Å². The van der Waals surface area contributed by atoms with Gasteiger partial charge in [0.15, 0.2) is 0 Å². The fourth-order valence-corrected chi connectivity index (χ4v) is 2.25. The molecular formula is C10H10O2S. The van der Waals surface area contributed by atoms with Crippen LogP contribution in [0.4, 0.5) is 0 Å². The first-order chi connectivity index (χ1) is 6.24. The lowest BCUT2D eigenvalue weighted by atomic mass is 10.1. The molecule has 0 fully saturated rings. The summed E-state index contributed by atoms with van der Waals surface area (Å²) in [7, 11) is 0. The van der Waals surface area contributed by atoms with Gasteiger partial charge in [-0.1, -0.05) is 13.0 Å². The summed E-state index contributed by atoms with van der Waals surface area (Å²) >= 11 is 1.44. The minimum absolute atomic E-state index is 0.174. The number of aryl methyl sites for hydroxylation is 1. The minimum atomic E-state index is 0.174. The van der Waals surface area contributed by atoms with Crippen LogP contribution in [0, 0.1) is 0 Å². The second-order valence-electron chi connectivity index (χ2n) is 2.92. The minimum Gasteiger partial charge on any atom is -0.507 e. The van der Waals surface area contributed by atoms with Crippen molar-refractivity contribution in [2.45, 2.75) is 13.3 Å². The lowest BCUT2D eigenvalue weighted by Gasteiger charge is -2.02. The second-order valence-corrected chi connectivity index (χ2v) is 3.83. The summed E-state index contributed by atoms with van der Waals surface area (Å²) < 4.78 is 0.923. The molecule has 0 saturated heterocycles. The third-order valence-electron chi connectivity index (χ3n) is 2.16. The van der Waals surface area contributed by atoms with Crippen LogP contribution in [0.5, 0.6) is 11.5 Å². The monoisotopic (exact) mass is 194 g/mol. The molecule has 13 heavy (non-hydrogen) atoms. The van der Waals surface area contributed by atoms with Crippen LogP contribution in [0.1, 0.15) is 12.5 Å². The first-order valence-corrected chi connectivity index (χ1v) is 5.03. The van der Waals surface area contributed by atoms with Crippen molar-refractivity contribution in [1.29, 1.82) is 0 Å². The highest BCUT2D eigenvalue weighted by Gasteiger charge is 2.10. The van der Waals surface area contributed by atoms with E-state index in [-0.39, 0.29) is 11.5 Å². The molecule has 2 nitrogen and oxygen atoms in total. The molecule has 0 amide bonds. The highest BCUT2D eigenvalue weighted by molar-refractivity contribution is 7.17. The summed E-state index contributed by atoms with van der Waals surface area (Å²) in [5.74, 6) is 0.395. The average molecular weight is 194 g/mol. The SMILES string of the molecule is CCc1ccc2scc(O)c2c1O. The lowest BCUT2D eigenvalue weighted by molar-refractivity contribution is 0.461. The molecule has 1 heterocycles. The van der Waals surface area contributed by atoms with Crippen LogP contribution >= 0.6 is 11.3 Å². The highest BCUT2D eigenvalue weighted by atomic mass is 32.1. The maximum Gasteiger partial charge on any atom is 0.137 e. The maximum absolute atomic E-state index is 9.77. The number of phenolic OH excluding ortho intramolecular Hbond substituents is 1. The van der Waals surface area contributed by atoms with Gasteiger partial charge in [-0.15, -0.1) is 11.3 Å². The third-order valence-corrected chi connectivity index (χ3v) is 3.09. The number of benzene rings is 1. The van der Waals surface area contributed by atoms with E-state index in [1.807, 2.05) is 19.1 Å². The molecule has 2 N–H and O–H groups in total. The predicted molar refractivity (Wildman–Crippen MR) is 54.5 cm³/mol. The molecule has 0 bridgehead atoms. The molecule has 2 aromatic rings. The van der Waals surface area contributed by atoms with Crippen LogP contribution in [-0.4, -0.2) is 10.2 Å². The van der Waals surface area contributed by atoms with Gasteiger partial charge < -0.3 is 10.2 Å². The van der Waals surface area contributed by atoms with Gasteiger partial charge in [0.05, 0.1) is 5.39 Å². The van der Waals surface area contributed by atoms with E-state index in [2.05, 4.69) is 0 Å². The van der Waals surface area contributed by atoms with Crippen LogP contribution < -0.4 is 0 Å². The van der Waals surface area contributed by atoms with Gasteiger partial charge in [0.25, 0.3) is 0 Å². The Morgan fingerprint density at radius 1 is 1.31 bits per heavy atom. The Hall–Kier alpha value is -1.22. The smallest absolute Gasteiger partial charge is 0.137 e. The van der Waals surface area contributed by atoms with Gasteiger partial charge in [-0.05, 0) is 18.1 Å². The molecule has 0 aliphatic carbocycles. The van der Waals surface area contributed by atoms with Gasteiger partial charge in [-0.3, -0.25) is 0 Å². The highest BCUT2D eigenvalue weighted by Crippen LogP contribution is 2.39. The molecule has 0 saturated carbocycles. The van der Waals surface area contributed by atoms with Crippen LogP contribution in [0.3, 0.4) is 0 Å². The number of hydrogen-bond donors (Lipinski definition) is 2. The van der Waals surface area contributed by atoms with E-state index < -0.39 is 0 Å². The molecule has 68 valence electrons. The van der Waals surface area contributed by atoms with Crippen LogP contribution in [0.25, 0.3) is 10.1 Å². The molecule has 0 atom stereocenters. The summed E-state index contributed by atoms with van der Waals surface area (Å²) in [5, 5.41) is 21.5. The summed E-state index contributed by atoms with van der Waals surface area (Å²) in [4.78, 5) is 0. The number of thiophene rings is 1. The Bertz CT molecular complexity index is 445. The fraction of sp³-hybridized carbons (Fsp3) is 0.200. The lowest BCUT2D eigenvalue weighted by Crippen LogP contribution is -1.80. The largest absolute Gasteiger partial charge is 0.507 e. The quantitative estimate of drug-likeness (QED) is 0.732. The number of phenols is 1. The summed E-state index contributed by atoms with van der Waals surface area (Å²) in [6.45, 7) is 1.98. The summed E-state index contributed by atoms with van der Waals surface area (Å²) in [5.41, 5.74) is 0.876. The second kappa shape index (κ2) is 2.92. The van der Waals surface area contributed by atoms with E-state index >= 15 is 0 Å².